The Morgan fingerprint density at radius 3 is 2.89 bits per heavy atom. The Morgan fingerprint density at radius 2 is 2.16 bits per heavy atom. The molecule has 1 atom stereocenters. The Labute approximate surface area is 121 Å². The van der Waals surface area contributed by atoms with Crippen molar-refractivity contribution in [3.8, 4) is 0 Å². The van der Waals surface area contributed by atoms with E-state index < -0.39 is 0 Å². The average Bonchev–Trinajstić information content (AvgIpc) is 2.41. The summed E-state index contributed by atoms with van der Waals surface area (Å²) >= 11 is 3.95. The molecule has 2 rings (SSSR count). The lowest BCUT2D eigenvalue weighted by molar-refractivity contribution is 0.109. The van der Waals surface area contributed by atoms with Gasteiger partial charge in [0, 0.05) is 11.6 Å². The van der Waals surface area contributed by atoms with Crippen LogP contribution in [0.3, 0.4) is 0 Å². The standard InChI is InChI=1S/C16H23NOS/c1-13-7-4-5-11-17(13)12-6-9-14-8-2-3-10-15(14)16(18)19/h2-3,8,10,13H,4-7,9,11-12H2,1H3,(H,18,19). The second kappa shape index (κ2) is 7.11. The minimum Gasteiger partial charge on any atom is -0.301 e. The summed E-state index contributed by atoms with van der Waals surface area (Å²) in [7, 11) is 0. The van der Waals surface area contributed by atoms with E-state index in [1.165, 1.54) is 25.8 Å². The van der Waals surface area contributed by atoms with E-state index in [0.717, 1.165) is 36.6 Å². The smallest absolute Gasteiger partial charge is 0.216 e. The SMILES string of the molecule is CC1CCCCN1CCCc1ccccc1C(=O)S. The van der Waals surface area contributed by atoms with Gasteiger partial charge in [0.2, 0.25) is 5.12 Å². The molecule has 1 fully saturated rings. The fourth-order valence-corrected chi connectivity index (χ4v) is 3.13. The molecule has 3 heteroatoms. The van der Waals surface area contributed by atoms with Crippen LogP contribution in [0.15, 0.2) is 24.3 Å². The van der Waals surface area contributed by atoms with Crippen LogP contribution in [0.25, 0.3) is 0 Å². The number of nitrogens with zero attached hydrogens (tertiary/aromatic N) is 1. The summed E-state index contributed by atoms with van der Waals surface area (Å²) in [5.41, 5.74) is 1.89. The van der Waals surface area contributed by atoms with Crippen molar-refractivity contribution in [1.82, 2.24) is 4.90 Å². The monoisotopic (exact) mass is 277 g/mol. The second-order valence-electron chi connectivity index (χ2n) is 5.45. The molecule has 0 spiro atoms. The molecule has 1 aliphatic rings. The van der Waals surface area contributed by atoms with E-state index in [1.54, 1.807) is 0 Å². The van der Waals surface area contributed by atoms with Gasteiger partial charge < -0.3 is 4.90 Å². The molecule has 104 valence electrons. The summed E-state index contributed by atoms with van der Waals surface area (Å²) in [6.07, 6.45) is 6.10. The van der Waals surface area contributed by atoms with Crippen LogP contribution in [0, 0.1) is 0 Å². The molecule has 1 aromatic rings. The van der Waals surface area contributed by atoms with Gasteiger partial charge in [0.25, 0.3) is 0 Å². The van der Waals surface area contributed by atoms with E-state index in [4.69, 9.17) is 0 Å². The predicted molar refractivity (Wildman–Crippen MR) is 83.0 cm³/mol. The fourth-order valence-electron chi connectivity index (χ4n) is 2.91. The van der Waals surface area contributed by atoms with Crippen LogP contribution in [0.5, 0.6) is 0 Å². The largest absolute Gasteiger partial charge is 0.301 e. The van der Waals surface area contributed by atoms with Crippen molar-refractivity contribution in [2.24, 2.45) is 0 Å². The molecule has 1 saturated heterocycles. The Morgan fingerprint density at radius 1 is 1.37 bits per heavy atom. The van der Waals surface area contributed by atoms with Crippen molar-refractivity contribution in [3.05, 3.63) is 35.4 Å². The molecule has 1 unspecified atom stereocenters. The van der Waals surface area contributed by atoms with Crippen molar-refractivity contribution in [2.45, 2.75) is 45.1 Å². The quantitative estimate of drug-likeness (QED) is 0.830. The number of likely N-dealkylation sites (tertiary alicyclic amines) is 1. The molecule has 1 heterocycles. The molecule has 19 heavy (non-hydrogen) atoms. The van der Waals surface area contributed by atoms with E-state index in [1.807, 2.05) is 24.3 Å². The molecule has 1 aromatic carbocycles. The Balaban J connectivity index is 1.87. The fraction of sp³-hybridized carbons (Fsp3) is 0.562. The lowest BCUT2D eigenvalue weighted by atomic mass is 10.0. The number of carbonyl (C=O) groups excluding carboxylic acids is 1. The maximum Gasteiger partial charge on any atom is 0.216 e. The highest BCUT2D eigenvalue weighted by Crippen LogP contribution is 2.18. The highest BCUT2D eigenvalue weighted by Gasteiger charge is 2.17. The van der Waals surface area contributed by atoms with Crippen LogP contribution in [-0.4, -0.2) is 29.1 Å². The van der Waals surface area contributed by atoms with Crippen molar-refractivity contribution < 1.29 is 4.79 Å². The van der Waals surface area contributed by atoms with Gasteiger partial charge in [-0.15, -0.1) is 12.6 Å². The van der Waals surface area contributed by atoms with Gasteiger partial charge in [0.15, 0.2) is 0 Å². The zero-order chi connectivity index (χ0) is 13.7. The third kappa shape index (κ3) is 4.08. The van der Waals surface area contributed by atoms with E-state index in [9.17, 15) is 4.79 Å². The Hall–Kier alpha value is -0.800. The lowest BCUT2D eigenvalue weighted by Crippen LogP contribution is -2.38. The first kappa shape index (κ1) is 14.6. The average molecular weight is 277 g/mol. The normalized spacial score (nSPS) is 20.4. The van der Waals surface area contributed by atoms with Crippen LogP contribution >= 0.6 is 12.6 Å². The summed E-state index contributed by atoms with van der Waals surface area (Å²) in [5.74, 6) is 0. The maximum atomic E-state index is 11.4. The first-order valence-corrected chi connectivity index (χ1v) is 7.68. The Bertz CT molecular complexity index is 433. The molecule has 0 amide bonds. The van der Waals surface area contributed by atoms with Gasteiger partial charge in [0.05, 0.1) is 0 Å². The van der Waals surface area contributed by atoms with Gasteiger partial charge in [-0.25, -0.2) is 0 Å². The van der Waals surface area contributed by atoms with Gasteiger partial charge in [-0.3, -0.25) is 4.79 Å². The van der Waals surface area contributed by atoms with Gasteiger partial charge >= 0.3 is 0 Å². The summed E-state index contributed by atoms with van der Waals surface area (Å²) in [5, 5.41) is -0.123. The van der Waals surface area contributed by atoms with Crippen molar-refractivity contribution in [3.63, 3.8) is 0 Å². The Kier molecular flexibility index (Phi) is 5.46. The minimum absolute atomic E-state index is 0.123. The summed E-state index contributed by atoms with van der Waals surface area (Å²) < 4.78 is 0. The molecule has 0 aliphatic carbocycles. The molecule has 0 bridgehead atoms. The minimum atomic E-state index is -0.123. The number of carbonyl (C=O) groups is 1. The van der Waals surface area contributed by atoms with E-state index >= 15 is 0 Å². The van der Waals surface area contributed by atoms with Gasteiger partial charge in [-0.2, -0.15) is 0 Å². The van der Waals surface area contributed by atoms with Crippen molar-refractivity contribution >= 4 is 17.7 Å². The van der Waals surface area contributed by atoms with Gasteiger partial charge in [-0.1, -0.05) is 30.7 Å². The molecule has 2 nitrogen and oxygen atoms in total. The van der Waals surface area contributed by atoms with Gasteiger partial charge in [0.1, 0.15) is 0 Å². The highest BCUT2D eigenvalue weighted by atomic mass is 32.1. The van der Waals surface area contributed by atoms with Crippen LogP contribution in [0.2, 0.25) is 0 Å². The van der Waals surface area contributed by atoms with Crippen LogP contribution in [0.4, 0.5) is 0 Å². The van der Waals surface area contributed by atoms with Crippen LogP contribution in [0.1, 0.15) is 48.5 Å². The van der Waals surface area contributed by atoms with Crippen LogP contribution in [-0.2, 0) is 6.42 Å². The number of thiol groups is 1. The first-order valence-electron chi connectivity index (χ1n) is 7.23. The summed E-state index contributed by atoms with van der Waals surface area (Å²) in [6.45, 7) is 4.69. The second-order valence-corrected chi connectivity index (χ2v) is 5.85. The van der Waals surface area contributed by atoms with Gasteiger partial charge in [-0.05, 0) is 51.3 Å². The molecule has 0 saturated carbocycles. The zero-order valence-corrected chi connectivity index (χ0v) is 12.5. The topological polar surface area (TPSA) is 20.3 Å². The first-order chi connectivity index (χ1) is 9.18. The van der Waals surface area contributed by atoms with E-state index in [0.29, 0.717) is 0 Å². The number of piperidine rings is 1. The number of benzene rings is 1. The number of aryl methyl sites for hydroxylation is 1. The number of hydrogen-bond donors (Lipinski definition) is 1. The molecule has 0 N–H and O–H groups in total. The van der Waals surface area contributed by atoms with E-state index in [2.05, 4.69) is 24.5 Å². The molecule has 0 aromatic heterocycles. The van der Waals surface area contributed by atoms with Crippen LogP contribution < -0.4 is 0 Å². The maximum absolute atomic E-state index is 11.4. The number of rotatable bonds is 5. The van der Waals surface area contributed by atoms with Crippen molar-refractivity contribution in [2.75, 3.05) is 13.1 Å². The molecule has 0 radical (unpaired) electrons. The highest BCUT2D eigenvalue weighted by molar-refractivity contribution is 7.97. The molecule has 1 aliphatic heterocycles. The third-order valence-electron chi connectivity index (χ3n) is 4.08. The van der Waals surface area contributed by atoms with Crippen molar-refractivity contribution in [1.29, 1.82) is 0 Å². The zero-order valence-electron chi connectivity index (χ0n) is 11.6. The molecular weight excluding hydrogens is 254 g/mol. The predicted octanol–water partition coefficient (Wildman–Crippen LogP) is 3.56. The summed E-state index contributed by atoms with van der Waals surface area (Å²) in [4.78, 5) is 14.0. The van der Waals surface area contributed by atoms with E-state index in [-0.39, 0.29) is 5.12 Å². The summed E-state index contributed by atoms with van der Waals surface area (Å²) in [6, 6.07) is 8.53. The molecular formula is C16H23NOS. The number of hydrogen-bond acceptors (Lipinski definition) is 2. The third-order valence-corrected chi connectivity index (χ3v) is 4.32. The lowest BCUT2D eigenvalue weighted by Gasteiger charge is -2.33.